The Hall–Kier alpha value is -3.65. The minimum atomic E-state index is -0.354. The van der Waals surface area contributed by atoms with Crippen LogP contribution in [-0.2, 0) is 9.59 Å². The molecule has 1 amide bonds. The minimum absolute atomic E-state index is 0.00799. The van der Waals surface area contributed by atoms with Crippen molar-refractivity contribution < 1.29 is 24.6 Å². The Labute approximate surface area is 192 Å². The Morgan fingerprint density at radius 2 is 1.85 bits per heavy atom. The highest BCUT2D eigenvalue weighted by molar-refractivity contribution is 5.99. The van der Waals surface area contributed by atoms with E-state index in [0.29, 0.717) is 38.5 Å². The molecule has 174 valence electrons. The molecule has 8 nitrogen and oxygen atoms in total. The van der Waals surface area contributed by atoms with E-state index in [0.717, 1.165) is 5.56 Å². The monoisotopic (exact) mass is 451 g/mol. The molecule has 0 radical (unpaired) electrons. The Bertz CT molecular complexity index is 1020. The van der Waals surface area contributed by atoms with Crippen molar-refractivity contribution in [3.63, 3.8) is 0 Å². The number of aromatic hydroxyl groups is 1. The molecular formula is C25H29N3O5. The highest BCUT2D eigenvalue weighted by atomic mass is 16.3. The van der Waals surface area contributed by atoms with Crippen LogP contribution in [0.3, 0.4) is 0 Å². The second-order valence-electron chi connectivity index (χ2n) is 7.99. The molecule has 0 unspecified atom stereocenters. The van der Waals surface area contributed by atoms with Crippen LogP contribution in [0.25, 0.3) is 0 Å². The quantitative estimate of drug-likeness (QED) is 0.249. The molecule has 0 bridgehead atoms. The van der Waals surface area contributed by atoms with E-state index in [2.05, 4.69) is 10.6 Å². The van der Waals surface area contributed by atoms with Gasteiger partial charge in [0.25, 0.3) is 5.91 Å². The van der Waals surface area contributed by atoms with Crippen molar-refractivity contribution >= 4 is 24.2 Å². The SMILES string of the molecule is CC[C@@H](N/C(C=O)=C(/C=O)Nc1cccc(C(=O)N2CC[C@H](CO)C2)c1O)c1ccccc1. The maximum Gasteiger partial charge on any atom is 0.257 e. The zero-order chi connectivity index (χ0) is 23.8. The first-order chi connectivity index (χ1) is 16.0. The first-order valence-electron chi connectivity index (χ1n) is 11.0. The maximum atomic E-state index is 12.9. The number of aliphatic hydroxyl groups is 1. The van der Waals surface area contributed by atoms with Crippen LogP contribution in [0, 0.1) is 5.92 Å². The number of phenols is 1. The fourth-order valence-electron chi connectivity index (χ4n) is 3.93. The average Bonchev–Trinajstić information content (AvgIpc) is 3.34. The predicted octanol–water partition coefficient (Wildman–Crippen LogP) is 2.61. The summed E-state index contributed by atoms with van der Waals surface area (Å²) < 4.78 is 0. The number of anilines is 1. The van der Waals surface area contributed by atoms with Crippen LogP contribution in [0.4, 0.5) is 5.69 Å². The molecule has 2 aromatic carbocycles. The number of benzene rings is 2. The number of phenolic OH excluding ortho intramolecular Hbond substituents is 1. The molecule has 0 spiro atoms. The predicted molar refractivity (Wildman–Crippen MR) is 125 cm³/mol. The van der Waals surface area contributed by atoms with Gasteiger partial charge in [-0.25, -0.2) is 0 Å². The second kappa shape index (κ2) is 11.3. The van der Waals surface area contributed by atoms with E-state index >= 15 is 0 Å². The number of carbonyl (C=O) groups excluding carboxylic acids is 3. The molecule has 1 heterocycles. The van der Waals surface area contributed by atoms with Gasteiger partial charge >= 0.3 is 0 Å². The van der Waals surface area contributed by atoms with Crippen LogP contribution in [-0.4, -0.2) is 53.3 Å². The summed E-state index contributed by atoms with van der Waals surface area (Å²) in [7, 11) is 0. The lowest BCUT2D eigenvalue weighted by Gasteiger charge is -2.21. The van der Waals surface area contributed by atoms with E-state index in [1.54, 1.807) is 11.0 Å². The van der Waals surface area contributed by atoms with E-state index in [1.807, 2.05) is 37.3 Å². The van der Waals surface area contributed by atoms with Crippen LogP contribution < -0.4 is 10.6 Å². The van der Waals surface area contributed by atoms with E-state index in [-0.39, 0.29) is 52.9 Å². The third-order valence-electron chi connectivity index (χ3n) is 5.83. The van der Waals surface area contributed by atoms with Gasteiger partial charge in [-0.05, 0) is 30.5 Å². The van der Waals surface area contributed by atoms with Crippen molar-refractivity contribution in [2.24, 2.45) is 5.92 Å². The summed E-state index contributed by atoms with van der Waals surface area (Å²) in [5.74, 6) is -0.637. The molecule has 1 fully saturated rings. The lowest BCUT2D eigenvalue weighted by Crippen LogP contribution is -2.29. The van der Waals surface area contributed by atoms with Gasteiger partial charge in [0.2, 0.25) is 0 Å². The molecule has 2 atom stereocenters. The van der Waals surface area contributed by atoms with Gasteiger partial charge in [0, 0.05) is 25.6 Å². The lowest BCUT2D eigenvalue weighted by molar-refractivity contribution is -0.107. The maximum absolute atomic E-state index is 12.9. The van der Waals surface area contributed by atoms with Gasteiger partial charge in [-0.1, -0.05) is 43.3 Å². The van der Waals surface area contributed by atoms with Crippen molar-refractivity contribution in [2.45, 2.75) is 25.8 Å². The number of allylic oxidation sites excluding steroid dienone is 2. The molecule has 4 N–H and O–H groups in total. The number of likely N-dealkylation sites (tertiary alicyclic amines) is 1. The van der Waals surface area contributed by atoms with Gasteiger partial charge in [0.05, 0.1) is 17.3 Å². The zero-order valence-corrected chi connectivity index (χ0v) is 18.5. The molecule has 3 rings (SSSR count). The van der Waals surface area contributed by atoms with Gasteiger partial charge in [0.15, 0.2) is 18.3 Å². The normalized spacial score (nSPS) is 17.2. The van der Waals surface area contributed by atoms with Gasteiger partial charge in [0.1, 0.15) is 11.4 Å². The van der Waals surface area contributed by atoms with Gasteiger partial charge in [-0.2, -0.15) is 0 Å². The topological polar surface area (TPSA) is 119 Å². The molecule has 0 aliphatic carbocycles. The molecule has 1 aliphatic heterocycles. The number of carbonyl (C=O) groups is 3. The molecule has 0 saturated carbocycles. The first-order valence-corrected chi connectivity index (χ1v) is 11.0. The zero-order valence-electron chi connectivity index (χ0n) is 18.5. The van der Waals surface area contributed by atoms with Crippen LogP contribution in [0.1, 0.15) is 41.7 Å². The van der Waals surface area contributed by atoms with Gasteiger partial charge in [-0.3, -0.25) is 14.4 Å². The largest absolute Gasteiger partial charge is 0.505 e. The minimum Gasteiger partial charge on any atom is -0.505 e. The summed E-state index contributed by atoms with van der Waals surface area (Å²) >= 11 is 0. The number of aliphatic hydroxyl groups excluding tert-OH is 1. The Kier molecular flexibility index (Phi) is 8.21. The highest BCUT2D eigenvalue weighted by Crippen LogP contribution is 2.31. The van der Waals surface area contributed by atoms with Crippen molar-refractivity contribution in [3.8, 4) is 5.75 Å². The molecule has 0 aromatic heterocycles. The van der Waals surface area contributed by atoms with Crippen molar-refractivity contribution in [1.82, 2.24) is 10.2 Å². The fourth-order valence-corrected chi connectivity index (χ4v) is 3.93. The number of hydrogen-bond acceptors (Lipinski definition) is 7. The number of para-hydroxylation sites is 1. The smallest absolute Gasteiger partial charge is 0.257 e. The highest BCUT2D eigenvalue weighted by Gasteiger charge is 2.28. The number of aldehydes is 2. The third kappa shape index (κ3) is 5.59. The molecule has 8 heteroatoms. The van der Waals surface area contributed by atoms with Gasteiger partial charge in [-0.15, -0.1) is 0 Å². The van der Waals surface area contributed by atoms with Crippen LogP contribution in [0.2, 0.25) is 0 Å². The fraction of sp³-hybridized carbons (Fsp3) is 0.320. The number of amides is 1. The summed E-state index contributed by atoms with van der Waals surface area (Å²) in [6.07, 6.45) is 2.42. The molecule has 2 aromatic rings. The molecule has 1 saturated heterocycles. The Morgan fingerprint density at radius 3 is 2.45 bits per heavy atom. The van der Waals surface area contributed by atoms with Crippen molar-refractivity contribution in [1.29, 1.82) is 0 Å². The Morgan fingerprint density at radius 1 is 1.12 bits per heavy atom. The molecular weight excluding hydrogens is 422 g/mol. The summed E-state index contributed by atoms with van der Waals surface area (Å²) in [5.41, 5.74) is 1.17. The number of rotatable bonds is 10. The Balaban J connectivity index is 1.84. The standard InChI is InChI=1S/C25H29N3O5/c1-2-20(18-7-4-3-5-8-18)26-22(15-30)23(16-31)27-21-10-6-9-19(24(21)32)25(33)28-12-11-17(13-28)14-29/h3-10,15-17,20,26-27,29,32H,2,11-14H2,1H3/b23-22-/t17-,20+/m0/s1. The molecule has 33 heavy (non-hydrogen) atoms. The number of nitrogens with zero attached hydrogens (tertiary/aromatic N) is 1. The molecule has 1 aliphatic rings. The number of hydrogen-bond donors (Lipinski definition) is 4. The van der Waals surface area contributed by atoms with E-state index < -0.39 is 0 Å². The summed E-state index contributed by atoms with van der Waals surface area (Å²) in [4.78, 5) is 38.1. The van der Waals surface area contributed by atoms with E-state index in [4.69, 9.17) is 0 Å². The number of nitrogens with one attached hydrogen (secondary N) is 2. The van der Waals surface area contributed by atoms with E-state index in [9.17, 15) is 24.6 Å². The van der Waals surface area contributed by atoms with E-state index in [1.165, 1.54) is 12.1 Å². The summed E-state index contributed by atoms with van der Waals surface area (Å²) in [6, 6.07) is 14.0. The van der Waals surface area contributed by atoms with Gasteiger partial charge < -0.3 is 25.7 Å². The van der Waals surface area contributed by atoms with Crippen molar-refractivity contribution in [2.75, 3.05) is 25.0 Å². The summed E-state index contributed by atoms with van der Waals surface area (Å²) in [5, 5.41) is 25.9. The van der Waals surface area contributed by atoms with Crippen LogP contribution in [0.5, 0.6) is 5.75 Å². The summed E-state index contributed by atoms with van der Waals surface area (Å²) in [6.45, 7) is 2.89. The first kappa shape index (κ1) is 24.0. The lowest BCUT2D eigenvalue weighted by atomic mass is 10.0. The van der Waals surface area contributed by atoms with Crippen LogP contribution >= 0.6 is 0 Å². The average molecular weight is 452 g/mol. The van der Waals surface area contributed by atoms with Crippen molar-refractivity contribution in [3.05, 3.63) is 71.1 Å². The third-order valence-corrected chi connectivity index (χ3v) is 5.83. The second-order valence-corrected chi connectivity index (χ2v) is 7.99. The van der Waals surface area contributed by atoms with Crippen LogP contribution in [0.15, 0.2) is 59.9 Å².